The van der Waals surface area contributed by atoms with Gasteiger partial charge in [-0.15, -0.1) is 11.3 Å². The van der Waals surface area contributed by atoms with Crippen molar-refractivity contribution in [3.05, 3.63) is 17.1 Å². The molecule has 0 amide bonds. The van der Waals surface area contributed by atoms with Crippen molar-refractivity contribution >= 4 is 21.6 Å². The van der Waals surface area contributed by atoms with E-state index in [9.17, 15) is 0 Å². The second-order valence-electron chi connectivity index (χ2n) is 2.56. The average molecular weight is 166 g/mol. The zero-order valence-electron chi connectivity index (χ0n) is 6.66. The van der Waals surface area contributed by atoms with Gasteiger partial charge in [0, 0.05) is 12.4 Å². The summed E-state index contributed by atoms with van der Waals surface area (Å²) in [6.07, 6.45) is 1.02. The van der Waals surface area contributed by atoms with Gasteiger partial charge in [-0.3, -0.25) is 4.68 Å². The van der Waals surface area contributed by atoms with E-state index in [0.717, 1.165) is 6.42 Å². The average Bonchev–Trinajstić information content (AvgIpc) is 2.54. The van der Waals surface area contributed by atoms with Crippen LogP contribution in [0.1, 0.15) is 12.6 Å². The normalized spacial score (nSPS) is 11.1. The standard InChI is InChI=1S/C8H10N2S/c1-3-7-6-4-5-11-8(6)10(2)9-7/h4-5H,3H2,1-2H3. The molecular weight excluding hydrogens is 156 g/mol. The zero-order chi connectivity index (χ0) is 7.84. The third kappa shape index (κ3) is 0.878. The van der Waals surface area contributed by atoms with Gasteiger partial charge >= 0.3 is 0 Å². The van der Waals surface area contributed by atoms with E-state index in [1.807, 2.05) is 11.7 Å². The fraction of sp³-hybridized carbons (Fsp3) is 0.375. The molecule has 0 saturated heterocycles. The molecule has 0 aromatic carbocycles. The molecule has 0 atom stereocenters. The van der Waals surface area contributed by atoms with Gasteiger partial charge in [0.25, 0.3) is 0 Å². The molecule has 3 heteroatoms. The molecule has 0 aliphatic heterocycles. The van der Waals surface area contributed by atoms with Crippen LogP contribution in [0.25, 0.3) is 10.2 Å². The maximum Gasteiger partial charge on any atom is 0.121 e. The second kappa shape index (κ2) is 2.34. The first kappa shape index (κ1) is 6.85. The summed E-state index contributed by atoms with van der Waals surface area (Å²) >= 11 is 1.75. The molecule has 0 N–H and O–H groups in total. The van der Waals surface area contributed by atoms with Gasteiger partial charge in [-0.2, -0.15) is 5.10 Å². The van der Waals surface area contributed by atoms with Crippen molar-refractivity contribution in [3.63, 3.8) is 0 Å². The van der Waals surface area contributed by atoms with Gasteiger partial charge < -0.3 is 0 Å². The van der Waals surface area contributed by atoms with Crippen LogP contribution >= 0.6 is 11.3 Å². The highest BCUT2D eigenvalue weighted by Gasteiger charge is 2.06. The lowest BCUT2D eigenvalue weighted by atomic mass is 10.2. The Kier molecular flexibility index (Phi) is 1.46. The molecule has 2 rings (SSSR count). The second-order valence-corrected chi connectivity index (χ2v) is 3.46. The molecule has 2 nitrogen and oxygen atoms in total. The van der Waals surface area contributed by atoms with Gasteiger partial charge in [0.05, 0.1) is 5.69 Å². The molecule has 0 aliphatic rings. The van der Waals surface area contributed by atoms with Crippen LogP contribution in [0.3, 0.4) is 0 Å². The molecule has 0 fully saturated rings. The lowest BCUT2D eigenvalue weighted by molar-refractivity contribution is 0.774. The Morgan fingerprint density at radius 3 is 3.18 bits per heavy atom. The van der Waals surface area contributed by atoms with Crippen molar-refractivity contribution in [1.82, 2.24) is 9.78 Å². The molecule has 2 aromatic rings. The van der Waals surface area contributed by atoms with Crippen LogP contribution in [-0.2, 0) is 13.5 Å². The van der Waals surface area contributed by atoms with Gasteiger partial charge in [-0.05, 0) is 17.9 Å². The Labute approximate surface area is 69.5 Å². The Hall–Kier alpha value is -0.830. The molecule has 0 saturated carbocycles. The fourth-order valence-electron chi connectivity index (χ4n) is 1.31. The molecule has 11 heavy (non-hydrogen) atoms. The summed E-state index contributed by atoms with van der Waals surface area (Å²) in [6.45, 7) is 2.14. The van der Waals surface area contributed by atoms with Crippen LogP contribution in [0.15, 0.2) is 11.4 Å². The van der Waals surface area contributed by atoms with Crippen LogP contribution in [0.2, 0.25) is 0 Å². The summed E-state index contributed by atoms with van der Waals surface area (Å²) in [7, 11) is 2.00. The van der Waals surface area contributed by atoms with E-state index < -0.39 is 0 Å². The number of fused-ring (bicyclic) bond motifs is 1. The number of aromatic nitrogens is 2. The maximum atomic E-state index is 4.40. The van der Waals surface area contributed by atoms with E-state index in [2.05, 4.69) is 23.5 Å². The molecule has 0 unspecified atom stereocenters. The SMILES string of the molecule is CCc1nn(C)c2sccc12. The largest absolute Gasteiger partial charge is 0.258 e. The van der Waals surface area contributed by atoms with Crippen LogP contribution in [0.5, 0.6) is 0 Å². The van der Waals surface area contributed by atoms with Crippen molar-refractivity contribution in [2.24, 2.45) is 7.05 Å². The first-order valence-electron chi connectivity index (χ1n) is 3.72. The number of rotatable bonds is 1. The third-order valence-electron chi connectivity index (χ3n) is 1.86. The highest BCUT2D eigenvalue weighted by molar-refractivity contribution is 7.16. The van der Waals surface area contributed by atoms with Gasteiger partial charge in [0.15, 0.2) is 0 Å². The molecule has 2 aromatic heterocycles. The van der Waals surface area contributed by atoms with Crippen molar-refractivity contribution in [1.29, 1.82) is 0 Å². The number of hydrogen-bond donors (Lipinski definition) is 0. The Morgan fingerprint density at radius 1 is 1.64 bits per heavy atom. The minimum Gasteiger partial charge on any atom is -0.258 e. The van der Waals surface area contributed by atoms with E-state index >= 15 is 0 Å². The highest BCUT2D eigenvalue weighted by Crippen LogP contribution is 2.23. The van der Waals surface area contributed by atoms with E-state index in [-0.39, 0.29) is 0 Å². The first-order chi connectivity index (χ1) is 5.33. The molecular formula is C8H10N2S. The summed E-state index contributed by atoms with van der Waals surface area (Å²) in [5.74, 6) is 0. The number of nitrogens with zero attached hydrogens (tertiary/aromatic N) is 2. The van der Waals surface area contributed by atoms with Crippen LogP contribution in [-0.4, -0.2) is 9.78 Å². The van der Waals surface area contributed by atoms with E-state index in [4.69, 9.17) is 0 Å². The summed E-state index contributed by atoms with van der Waals surface area (Å²) in [4.78, 5) is 1.28. The Balaban J connectivity index is 2.80. The van der Waals surface area contributed by atoms with Crippen molar-refractivity contribution in [3.8, 4) is 0 Å². The number of hydrogen-bond acceptors (Lipinski definition) is 2. The van der Waals surface area contributed by atoms with Crippen molar-refractivity contribution in [2.75, 3.05) is 0 Å². The Morgan fingerprint density at radius 2 is 2.45 bits per heavy atom. The molecule has 0 aliphatic carbocycles. The summed E-state index contributed by atoms with van der Waals surface area (Å²) in [5, 5.41) is 7.83. The predicted octanol–water partition coefficient (Wildman–Crippen LogP) is 2.20. The van der Waals surface area contributed by atoms with Crippen LogP contribution in [0.4, 0.5) is 0 Å². The first-order valence-corrected chi connectivity index (χ1v) is 4.60. The smallest absolute Gasteiger partial charge is 0.121 e. The van der Waals surface area contributed by atoms with Crippen LogP contribution in [0, 0.1) is 0 Å². The minimum absolute atomic E-state index is 1.02. The molecule has 0 bridgehead atoms. The van der Waals surface area contributed by atoms with Crippen molar-refractivity contribution in [2.45, 2.75) is 13.3 Å². The molecule has 2 heterocycles. The van der Waals surface area contributed by atoms with Gasteiger partial charge in [0.2, 0.25) is 0 Å². The molecule has 0 radical (unpaired) electrons. The highest BCUT2D eigenvalue weighted by atomic mass is 32.1. The van der Waals surface area contributed by atoms with Crippen LogP contribution < -0.4 is 0 Å². The summed E-state index contributed by atoms with van der Waals surface area (Å²) in [5.41, 5.74) is 1.21. The fourth-order valence-corrected chi connectivity index (χ4v) is 2.15. The number of aryl methyl sites for hydroxylation is 2. The minimum atomic E-state index is 1.02. The quantitative estimate of drug-likeness (QED) is 0.635. The topological polar surface area (TPSA) is 17.8 Å². The number of thiophene rings is 1. The van der Waals surface area contributed by atoms with Gasteiger partial charge in [0.1, 0.15) is 4.83 Å². The molecule has 58 valence electrons. The lowest BCUT2D eigenvalue weighted by Gasteiger charge is -1.86. The monoisotopic (exact) mass is 166 g/mol. The van der Waals surface area contributed by atoms with E-state index in [1.54, 1.807) is 11.3 Å². The van der Waals surface area contributed by atoms with E-state index in [1.165, 1.54) is 15.9 Å². The lowest BCUT2D eigenvalue weighted by Crippen LogP contribution is -1.89. The third-order valence-corrected chi connectivity index (χ3v) is 2.83. The van der Waals surface area contributed by atoms with Gasteiger partial charge in [-0.1, -0.05) is 6.92 Å². The van der Waals surface area contributed by atoms with E-state index in [0.29, 0.717) is 0 Å². The summed E-state index contributed by atoms with van der Waals surface area (Å²) in [6, 6.07) is 2.14. The zero-order valence-corrected chi connectivity index (χ0v) is 7.48. The van der Waals surface area contributed by atoms with Gasteiger partial charge in [-0.25, -0.2) is 0 Å². The predicted molar refractivity (Wildman–Crippen MR) is 48.0 cm³/mol. The molecule has 0 spiro atoms. The summed E-state index contributed by atoms with van der Waals surface area (Å²) < 4.78 is 1.96. The maximum absolute atomic E-state index is 4.40. The van der Waals surface area contributed by atoms with Crippen molar-refractivity contribution < 1.29 is 0 Å². The Bertz CT molecular complexity index is 372.